The van der Waals surface area contributed by atoms with Crippen LogP contribution in [-0.2, 0) is 37.0 Å². The average molecular weight is 373 g/mol. The van der Waals surface area contributed by atoms with Crippen LogP contribution in [0, 0.1) is 0 Å². The maximum absolute atomic E-state index is 13.0. The monoisotopic (exact) mass is 373 g/mol. The van der Waals surface area contributed by atoms with Gasteiger partial charge in [-0.2, -0.15) is 0 Å². The maximum Gasteiger partial charge on any atom is 0.303 e. The van der Waals surface area contributed by atoms with Crippen molar-refractivity contribution in [1.82, 2.24) is 4.57 Å². The molecule has 0 spiro atoms. The highest BCUT2D eigenvalue weighted by atomic mass is 16.5. The third kappa shape index (κ3) is 2.90. The molecule has 1 aromatic rings. The van der Waals surface area contributed by atoms with Crippen molar-refractivity contribution in [2.45, 2.75) is 53.4 Å². The van der Waals surface area contributed by atoms with Crippen LogP contribution in [0.4, 0.5) is 0 Å². The van der Waals surface area contributed by atoms with E-state index in [4.69, 9.17) is 9.47 Å². The smallest absolute Gasteiger partial charge is 0.303 e. The summed E-state index contributed by atoms with van der Waals surface area (Å²) in [6.07, 6.45) is -0.209. The zero-order chi connectivity index (χ0) is 20.0. The summed E-state index contributed by atoms with van der Waals surface area (Å²) in [5.41, 5.74) is 0.933. The second kappa shape index (κ2) is 6.61. The van der Waals surface area contributed by atoms with E-state index in [1.807, 2.05) is 0 Å². The lowest BCUT2D eigenvalue weighted by atomic mass is 9.84. The van der Waals surface area contributed by atoms with E-state index in [2.05, 4.69) is 0 Å². The van der Waals surface area contributed by atoms with Crippen molar-refractivity contribution in [3.8, 4) is 0 Å². The molecule has 0 saturated heterocycles. The third-order valence-electron chi connectivity index (χ3n) is 4.79. The molecule has 8 heteroatoms. The Morgan fingerprint density at radius 1 is 1.07 bits per heavy atom. The minimum atomic E-state index is -0.652. The van der Waals surface area contributed by atoms with Crippen LogP contribution in [0.1, 0.15) is 72.3 Å². The molecule has 1 aliphatic carbocycles. The normalized spacial score (nSPS) is 18.3. The highest BCUT2D eigenvalue weighted by Crippen LogP contribution is 2.42. The van der Waals surface area contributed by atoms with Gasteiger partial charge >= 0.3 is 11.9 Å². The Kier molecular flexibility index (Phi) is 4.59. The van der Waals surface area contributed by atoms with Crippen LogP contribution < -0.4 is 0 Å². The molecule has 0 aromatic carbocycles. The number of esters is 2. The molecule has 27 heavy (non-hydrogen) atoms. The molecule has 0 saturated carbocycles. The molecule has 0 radical (unpaired) electrons. The van der Waals surface area contributed by atoms with Crippen LogP contribution in [0.5, 0.6) is 0 Å². The van der Waals surface area contributed by atoms with Crippen LogP contribution in [0.15, 0.2) is 11.1 Å². The summed E-state index contributed by atoms with van der Waals surface area (Å²) < 4.78 is 12.1. The van der Waals surface area contributed by atoms with Crippen molar-refractivity contribution >= 4 is 29.3 Å². The van der Waals surface area contributed by atoms with Gasteiger partial charge in [0.2, 0.25) is 5.78 Å². The Morgan fingerprint density at radius 3 is 2.30 bits per heavy atom. The number of ether oxygens (including phenoxy) is 2. The van der Waals surface area contributed by atoms with Crippen LogP contribution in [0.3, 0.4) is 0 Å². The van der Waals surface area contributed by atoms with Crippen LogP contribution in [0.25, 0.3) is 0 Å². The quantitative estimate of drug-likeness (QED) is 0.585. The number of hydrogen-bond donors (Lipinski definition) is 0. The number of aromatic nitrogens is 1. The van der Waals surface area contributed by atoms with E-state index in [9.17, 15) is 24.0 Å². The minimum Gasteiger partial charge on any atom is -0.461 e. The van der Waals surface area contributed by atoms with E-state index in [-0.39, 0.29) is 29.0 Å². The Labute approximate surface area is 155 Å². The number of hydrogen-bond acceptors (Lipinski definition) is 7. The first-order chi connectivity index (χ1) is 12.6. The number of carbonyl (C=O) groups is 5. The lowest BCUT2D eigenvalue weighted by Crippen LogP contribution is -2.26. The number of fused-ring (bicyclic) bond motifs is 3. The molecule has 1 aliphatic heterocycles. The first kappa shape index (κ1) is 18.8. The predicted molar refractivity (Wildman–Crippen MR) is 91.1 cm³/mol. The zero-order valence-electron chi connectivity index (χ0n) is 15.5. The largest absolute Gasteiger partial charge is 0.461 e. The molecule has 0 N–H and O–H groups in total. The lowest BCUT2D eigenvalue weighted by molar-refractivity contribution is -0.147. The first-order valence-corrected chi connectivity index (χ1v) is 8.52. The van der Waals surface area contributed by atoms with Gasteiger partial charge in [0.25, 0.3) is 0 Å². The molecule has 0 bridgehead atoms. The number of carbonyl (C=O) groups excluding carboxylic acids is 5. The van der Waals surface area contributed by atoms with E-state index in [0.717, 1.165) is 0 Å². The number of Topliss-reactive ketones (excluding diaryl/α,β-unsaturated/α-hetero) is 3. The zero-order valence-corrected chi connectivity index (χ0v) is 15.5. The predicted octanol–water partition coefficient (Wildman–Crippen LogP) is 1.84. The van der Waals surface area contributed by atoms with Crippen LogP contribution >= 0.6 is 0 Å². The summed E-state index contributed by atoms with van der Waals surface area (Å²) in [7, 11) is 0. The van der Waals surface area contributed by atoms with Crippen molar-refractivity contribution in [1.29, 1.82) is 0 Å². The number of nitrogens with zero attached hydrogens (tertiary/aromatic N) is 1. The van der Waals surface area contributed by atoms with Crippen molar-refractivity contribution < 1.29 is 33.4 Å². The van der Waals surface area contributed by atoms with E-state index in [1.54, 1.807) is 4.57 Å². The van der Waals surface area contributed by atoms with Gasteiger partial charge in [-0.05, 0) is 13.8 Å². The van der Waals surface area contributed by atoms with E-state index in [0.29, 0.717) is 24.2 Å². The van der Waals surface area contributed by atoms with Crippen LogP contribution in [-0.4, -0.2) is 33.9 Å². The van der Waals surface area contributed by atoms with Gasteiger partial charge in [0.1, 0.15) is 18.4 Å². The van der Waals surface area contributed by atoms with Crippen molar-refractivity contribution in [3.05, 3.63) is 33.7 Å². The van der Waals surface area contributed by atoms with Crippen molar-refractivity contribution in [2.24, 2.45) is 0 Å². The highest BCUT2D eigenvalue weighted by molar-refractivity contribution is 6.36. The molecule has 8 nitrogen and oxygen atoms in total. The lowest BCUT2D eigenvalue weighted by Gasteiger charge is -2.17. The van der Waals surface area contributed by atoms with Gasteiger partial charge in [-0.3, -0.25) is 24.0 Å². The van der Waals surface area contributed by atoms with E-state index in [1.165, 1.54) is 27.7 Å². The molecular formula is C19H19NO7. The topological polar surface area (TPSA) is 109 Å². The summed E-state index contributed by atoms with van der Waals surface area (Å²) in [6.45, 7) is 5.30. The van der Waals surface area contributed by atoms with Gasteiger partial charge < -0.3 is 14.0 Å². The van der Waals surface area contributed by atoms with Gasteiger partial charge in [0, 0.05) is 37.9 Å². The molecule has 1 unspecified atom stereocenters. The van der Waals surface area contributed by atoms with Crippen LogP contribution in [0.2, 0.25) is 0 Å². The van der Waals surface area contributed by atoms with Gasteiger partial charge in [-0.25, -0.2) is 0 Å². The highest BCUT2D eigenvalue weighted by Gasteiger charge is 2.43. The summed E-state index contributed by atoms with van der Waals surface area (Å²) in [5, 5.41) is 0. The molecule has 2 aliphatic rings. The van der Waals surface area contributed by atoms with E-state index < -0.39 is 35.4 Å². The summed E-state index contributed by atoms with van der Waals surface area (Å²) in [4.78, 5) is 60.6. The molecule has 1 atom stereocenters. The number of rotatable bonds is 4. The molecular weight excluding hydrogens is 354 g/mol. The maximum atomic E-state index is 13.0. The van der Waals surface area contributed by atoms with Gasteiger partial charge in [0.15, 0.2) is 11.6 Å². The number of allylic oxidation sites excluding steroid dienone is 2. The molecule has 2 heterocycles. The Morgan fingerprint density at radius 2 is 1.74 bits per heavy atom. The Bertz CT molecular complexity index is 948. The Balaban J connectivity index is 2.24. The van der Waals surface area contributed by atoms with Gasteiger partial charge in [-0.15, -0.1) is 0 Å². The molecule has 1 aromatic heterocycles. The third-order valence-corrected chi connectivity index (χ3v) is 4.79. The summed E-state index contributed by atoms with van der Waals surface area (Å²) in [6, 6.07) is 0. The fourth-order valence-electron chi connectivity index (χ4n) is 3.80. The second-order valence-corrected chi connectivity index (χ2v) is 6.62. The summed E-state index contributed by atoms with van der Waals surface area (Å²) in [5.74, 6) is -2.55. The van der Waals surface area contributed by atoms with E-state index >= 15 is 0 Å². The fourth-order valence-corrected chi connectivity index (χ4v) is 3.80. The Hall–Kier alpha value is -3.03. The molecule has 0 fully saturated rings. The average Bonchev–Trinajstić information content (AvgIpc) is 3.09. The second-order valence-electron chi connectivity index (χ2n) is 6.62. The summed E-state index contributed by atoms with van der Waals surface area (Å²) >= 11 is 0. The SMILES string of the molecule is CC(=O)OCc1c2c(n3c1C(OC(C)=O)CC3)C(=O)C(C)=C(C(C)=O)C2=O. The molecule has 0 amide bonds. The minimum absolute atomic E-state index is 0.0592. The van der Waals surface area contributed by atoms with Gasteiger partial charge in [0.05, 0.1) is 16.8 Å². The molecule has 142 valence electrons. The van der Waals surface area contributed by atoms with Crippen molar-refractivity contribution in [2.75, 3.05) is 0 Å². The molecule has 3 rings (SSSR count). The first-order valence-electron chi connectivity index (χ1n) is 8.52. The van der Waals surface area contributed by atoms with Crippen molar-refractivity contribution in [3.63, 3.8) is 0 Å². The number of ketones is 3. The standard InChI is InChI=1S/C19H19NO7/c1-8-14(9(2)21)19(25)15-12(7-26-10(3)22)16-13(27-11(4)23)5-6-20(16)17(15)18(8)24/h13H,5-7H2,1-4H3. The van der Waals surface area contributed by atoms with Gasteiger partial charge in [-0.1, -0.05) is 0 Å². The fraction of sp³-hybridized carbons (Fsp3) is 0.421.